The highest BCUT2D eigenvalue weighted by molar-refractivity contribution is 6.30. The van der Waals surface area contributed by atoms with E-state index in [4.69, 9.17) is 16.1 Å². The van der Waals surface area contributed by atoms with Crippen molar-refractivity contribution in [3.63, 3.8) is 0 Å². The first-order valence-electron chi connectivity index (χ1n) is 8.05. The van der Waals surface area contributed by atoms with Gasteiger partial charge in [0, 0.05) is 13.1 Å². The van der Waals surface area contributed by atoms with Crippen LogP contribution in [0.1, 0.15) is 43.8 Å². The summed E-state index contributed by atoms with van der Waals surface area (Å²) in [6, 6.07) is 3.35. The molecule has 1 amide bonds. The number of carbonyl (C=O) groups is 1. The van der Waals surface area contributed by atoms with Gasteiger partial charge in [0.1, 0.15) is 5.82 Å². The maximum atomic E-state index is 12.2. The summed E-state index contributed by atoms with van der Waals surface area (Å²) in [6.07, 6.45) is 6.59. The van der Waals surface area contributed by atoms with Crippen LogP contribution in [0, 0.1) is 6.92 Å². The number of rotatable bonds is 5. The van der Waals surface area contributed by atoms with Crippen molar-refractivity contribution in [3.8, 4) is 0 Å². The highest BCUT2D eigenvalue weighted by Crippen LogP contribution is 2.35. The molecular formula is C16H20ClN5O2. The predicted molar refractivity (Wildman–Crippen MR) is 89.7 cm³/mol. The number of nitrogens with one attached hydrogen (secondary N) is 2. The molecule has 2 aromatic heterocycles. The number of nitrogens with zero attached hydrogens (tertiary/aromatic N) is 3. The first kappa shape index (κ1) is 16.9. The van der Waals surface area contributed by atoms with Gasteiger partial charge in [-0.3, -0.25) is 10.1 Å². The van der Waals surface area contributed by atoms with Crippen molar-refractivity contribution in [2.45, 2.75) is 44.6 Å². The van der Waals surface area contributed by atoms with E-state index in [-0.39, 0.29) is 12.5 Å². The Labute approximate surface area is 145 Å². The number of carbonyl (C=O) groups excluding carboxylic acids is 1. The van der Waals surface area contributed by atoms with Crippen LogP contribution in [0.2, 0.25) is 5.02 Å². The topological polar surface area (TPSA) is 92.9 Å². The number of amides is 1. The summed E-state index contributed by atoms with van der Waals surface area (Å²) in [6.45, 7) is 1.92. The molecule has 2 aromatic rings. The van der Waals surface area contributed by atoms with Gasteiger partial charge in [-0.25, -0.2) is 4.98 Å². The largest absolute Gasteiger partial charge is 0.340 e. The Morgan fingerprint density at radius 2 is 2.12 bits per heavy atom. The van der Waals surface area contributed by atoms with E-state index in [9.17, 15) is 4.79 Å². The first-order valence-corrected chi connectivity index (χ1v) is 8.42. The summed E-state index contributed by atoms with van der Waals surface area (Å²) < 4.78 is 5.13. The minimum Gasteiger partial charge on any atom is -0.340 e. The predicted octanol–water partition coefficient (Wildman–Crippen LogP) is 2.81. The number of aryl methyl sites for hydroxylation is 1. The number of halogens is 1. The molecule has 0 spiro atoms. The Hall–Kier alpha value is -1.99. The molecule has 0 aliphatic heterocycles. The molecule has 1 saturated carbocycles. The number of hydrogen-bond donors (Lipinski definition) is 2. The zero-order valence-corrected chi connectivity index (χ0v) is 14.3. The van der Waals surface area contributed by atoms with Crippen molar-refractivity contribution in [2.75, 3.05) is 11.9 Å². The van der Waals surface area contributed by atoms with Crippen LogP contribution in [0.3, 0.4) is 0 Å². The van der Waals surface area contributed by atoms with Gasteiger partial charge in [-0.2, -0.15) is 4.98 Å². The third kappa shape index (κ3) is 3.91. The summed E-state index contributed by atoms with van der Waals surface area (Å²) in [5.41, 5.74) is -0.402. The molecule has 1 aliphatic carbocycles. The SMILES string of the molecule is Cc1nc(C2(NCC(=O)Nc3ccc(Cl)cn3)CCCCC2)no1. The second-order valence-electron chi connectivity index (χ2n) is 6.04. The third-order valence-electron chi connectivity index (χ3n) is 4.24. The summed E-state index contributed by atoms with van der Waals surface area (Å²) in [5, 5.41) is 10.7. The lowest BCUT2D eigenvalue weighted by Crippen LogP contribution is -2.48. The van der Waals surface area contributed by atoms with Crippen LogP contribution in [0.5, 0.6) is 0 Å². The van der Waals surface area contributed by atoms with E-state index in [2.05, 4.69) is 25.8 Å². The second-order valence-corrected chi connectivity index (χ2v) is 6.48. The van der Waals surface area contributed by atoms with Crippen molar-refractivity contribution in [2.24, 2.45) is 0 Å². The van der Waals surface area contributed by atoms with Gasteiger partial charge in [-0.05, 0) is 25.0 Å². The maximum absolute atomic E-state index is 12.2. The molecule has 7 nitrogen and oxygen atoms in total. The number of pyridine rings is 1. The van der Waals surface area contributed by atoms with Gasteiger partial charge in [0.05, 0.1) is 17.1 Å². The summed E-state index contributed by atoms with van der Waals surface area (Å²) in [4.78, 5) is 20.6. The monoisotopic (exact) mass is 349 g/mol. The molecule has 0 radical (unpaired) electrons. The smallest absolute Gasteiger partial charge is 0.239 e. The minimum absolute atomic E-state index is 0.151. The number of aromatic nitrogens is 3. The molecule has 1 aliphatic rings. The summed E-state index contributed by atoms with van der Waals surface area (Å²) >= 11 is 5.79. The fourth-order valence-corrected chi connectivity index (χ4v) is 3.13. The summed E-state index contributed by atoms with van der Waals surface area (Å²) in [7, 11) is 0. The van der Waals surface area contributed by atoms with Crippen molar-refractivity contribution in [1.82, 2.24) is 20.4 Å². The van der Waals surface area contributed by atoms with E-state index < -0.39 is 5.54 Å². The normalized spacial score (nSPS) is 16.8. The molecule has 24 heavy (non-hydrogen) atoms. The lowest BCUT2D eigenvalue weighted by Gasteiger charge is -2.35. The average Bonchev–Trinajstić information content (AvgIpc) is 3.03. The quantitative estimate of drug-likeness (QED) is 0.862. The van der Waals surface area contributed by atoms with Crippen LogP contribution in [-0.2, 0) is 10.3 Å². The van der Waals surface area contributed by atoms with Gasteiger partial charge in [0.15, 0.2) is 5.82 Å². The Bertz CT molecular complexity index is 695. The van der Waals surface area contributed by atoms with Crippen LogP contribution < -0.4 is 10.6 Å². The third-order valence-corrected chi connectivity index (χ3v) is 4.47. The first-order chi connectivity index (χ1) is 11.6. The van der Waals surface area contributed by atoms with E-state index in [0.29, 0.717) is 22.6 Å². The van der Waals surface area contributed by atoms with Gasteiger partial charge in [0.2, 0.25) is 11.8 Å². The van der Waals surface area contributed by atoms with Gasteiger partial charge in [-0.1, -0.05) is 36.0 Å². The lowest BCUT2D eigenvalue weighted by molar-refractivity contribution is -0.115. The minimum atomic E-state index is -0.402. The van der Waals surface area contributed by atoms with Crippen molar-refractivity contribution >= 4 is 23.3 Å². The van der Waals surface area contributed by atoms with Gasteiger partial charge in [0.25, 0.3) is 0 Å². The van der Waals surface area contributed by atoms with E-state index in [0.717, 1.165) is 25.7 Å². The second kappa shape index (κ2) is 7.27. The van der Waals surface area contributed by atoms with Gasteiger partial charge in [-0.15, -0.1) is 0 Å². The van der Waals surface area contributed by atoms with Crippen molar-refractivity contribution < 1.29 is 9.32 Å². The molecule has 2 N–H and O–H groups in total. The molecule has 0 unspecified atom stereocenters. The zero-order valence-electron chi connectivity index (χ0n) is 13.5. The van der Waals surface area contributed by atoms with E-state index in [1.54, 1.807) is 19.1 Å². The van der Waals surface area contributed by atoms with Crippen LogP contribution in [0.25, 0.3) is 0 Å². The lowest BCUT2D eigenvalue weighted by atomic mass is 9.81. The number of anilines is 1. The maximum Gasteiger partial charge on any atom is 0.239 e. The molecule has 0 aromatic carbocycles. The van der Waals surface area contributed by atoms with Crippen LogP contribution in [0.4, 0.5) is 5.82 Å². The van der Waals surface area contributed by atoms with Gasteiger partial charge < -0.3 is 9.84 Å². The van der Waals surface area contributed by atoms with E-state index in [1.807, 2.05) is 0 Å². The molecule has 1 fully saturated rings. The fourth-order valence-electron chi connectivity index (χ4n) is 3.01. The number of hydrogen-bond acceptors (Lipinski definition) is 6. The molecule has 0 atom stereocenters. The standard InChI is InChI=1S/C16H20ClN5O2/c1-11-20-15(22-24-11)16(7-3-2-4-8-16)19-10-14(23)21-13-6-5-12(17)9-18-13/h5-6,9,19H,2-4,7-8,10H2,1H3,(H,18,21,23). The van der Waals surface area contributed by atoms with Crippen molar-refractivity contribution in [1.29, 1.82) is 0 Å². The Balaban J connectivity index is 1.65. The molecule has 128 valence electrons. The van der Waals surface area contributed by atoms with Crippen LogP contribution in [-0.4, -0.2) is 27.6 Å². The molecule has 3 rings (SSSR count). The van der Waals surface area contributed by atoms with Crippen molar-refractivity contribution in [3.05, 3.63) is 35.1 Å². The Morgan fingerprint density at radius 3 is 2.75 bits per heavy atom. The van der Waals surface area contributed by atoms with Crippen LogP contribution in [0.15, 0.2) is 22.9 Å². The summed E-state index contributed by atoms with van der Waals surface area (Å²) in [5.74, 6) is 1.47. The Morgan fingerprint density at radius 1 is 1.33 bits per heavy atom. The van der Waals surface area contributed by atoms with Gasteiger partial charge >= 0.3 is 0 Å². The molecule has 0 bridgehead atoms. The van der Waals surface area contributed by atoms with E-state index in [1.165, 1.54) is 12.6 Å². The van der Waals surface area contributed by atoms with E-state index >= 15 is 0 Å². The molecule has 0 saturated heterocycles. The highest BCUT2D eigenvalue weighted by atomic mass is 35.5. The Kier molecular flexibility index (Phi) is 5.11. The highest BCUT2D eigenvalue weighted by Gasteiger charge is 2.38. The molecule has 8 heteroatoms. The van der Waals surface area contributed by atoms with Crippen LogP contribution >= 0.6 is 11.6 Å². The fraction of sp³-hybridized carbons (Fsp3) is 0.500. The average molecular weight is 350 g/mol. The molecular weight excluding hydrogens is 330 g/mol. The molecule has 2 heterocycles. The zero-order chi connectivity index (χ0) is 17.0.